The van der Waals surface area contributed by atoms with E-state index in [4.69, 9.17) is 9.47 Å². The van der Waals surface area contributed by atoms with Crippen LogP contribution in [0, 0.1) is 0 Å². The third-order valence-corrected chi connectivity index (χ3v) is 3.93. The van der Waals surface area contributed by atoms with Crippen molar-refractivity contribution in [3.05, 3.63) is 59.7 Å². The highest BCUT2D eigenvalue weighted by atomic mass is 16.7. The van der Waals surface area contributed by atoms with Crippen molar-refractivity contribution in [2.75, 3.05) is 7.11 Å². The van der Waals surface area contributed by atoms with E-state index in [2.05, 4.69) is 11.7 Å². The fourth-order valence-electron chi connectivity index (χ4n) is 2.52. The van der Waals surface area contributed by atoms with Crippen molar-refractivity contribution in [2.24, 2.45) is 0 Å². The summed E-state index contributed by atoms with van der Waals surface area (Å²) in [5.74, 6) is -0.0967. The van der Waals surface area contributed by atoms with E-state index in [-0.39, 0.29) is 11.3 Å². The summed E-state index contributed by atoms with van der Waals surface area (Å²) in [6.45, 7) is 2.19. The molecule has 0 amide bonds. The number of carbonyl (C=O) groups is 2. The molecule has 0 heterocycles. The van der Waals surface area contributed by atoms with Gasteiger partial charge < -0.3 is 14.2 Å². The first kappa shape index (κ1) is 19.5. The molecule has 138 valence electrons. The predicted molar refractivity (Wildman–Crippen MR) is 98.7 cm³/mol. The van der Waals surface area contributed by atoms with Gasteiger partial charge >= 0.3 is 12.1 Å². The highest BCUT2D eigenvalue weighted by Gasteiger charge is 2.16. The summed E-state index contributed by atoms with van der Waals surface area (Å²) in [5.41, 5.74) is 1.37. The Morgan fingerprint density at radius 3 is 2.31 bits per heavy atom. The van der Waals surface area contributed by atoms with Gasteiger partial charge in [-0.15, -0.1) is 0 Å². The Kier molecular flexibility index (Phi) is 7.68. The van der Waals surface area contributed by atoms with Crippen molar-refractivity contribution in [3.63, 3.8) is 0 Å². The second-order valence-electron chi connectivity index (χ2n) is 5.90. The molecule has 5 heteroatoms. The minimum atomic E-state index is -0.906. The Bertz CT molecular complexity index is 721. The van der Waals surface area contributed by atoms with Crippen molar-refractivity contribution < 1.29 is 23.8 Å². The SMILES string of the molecule is CCCCCCc1ccc(OC(=O)Oc2ccccc2C(=O)OC)cc1. The average Bonchev–Trinajstić information content (AvgIpc) is 2.66. The number of methoxy groups -OCH3 is 1. The van der Waals surface area contributed by atoms with Crippen molar-refractivity contribution in [2.45, 2.75) is 39.0 Å². The quantitative estimate of drug-likeness (QED) is 0.371. The molecule has 2 aromatic carbocycles. The number of benzene rings is 2. The predicted octanol–water partition coefficient (Wildman–Crippen LogP) is 5.17. The first-order valence-corrected chi connectivity index (χ1v) is 8.80. The number of unbranched alkanes of at least 4 members (excludes halogenated alkanes) is 3. The van der Waals surface area contributed by atoms with Crippen LogP contribution in [0.2, 0.25) is 0 Å². The summed E-state index contributed by atoms with van der Waals surface area (Å²) < 4.78 is 15.0. The molecule has 0 saturated carbocycles. The van der Waals surface area contributed by atoms with Gasteiger partial charge in [-0.1, -0.05) is 50.5 Å². The molecule has 0 aliphatic carbocycles. The van der Waals surface area contributed by atoms with E-state index in [0.717, 1.165) is 12.8 Å². The number of esters is 1. The third-order valence-electron chi connectivity index (χ3n) is 3.93. The Morgan fingerprint density at radius 1 is 0.885 bits per heavy atom. The molecule has 0 aromatic heterocycles. The van der Waals surface area contributed by atoms with Crippen LogP contribution in [0.5, 0.6) is 11.5 Å². The maximum Gasteiger partial charge on any atom is 0.519 e. The first-order chi connectivity index (χ1) is 12.6. The van der Waals surface area contributed by atoms with Crippen LogP contribution >= 0.6 is 0 Å². The van der Waals surface area contributed by atoms with E-state index < -0.39 is 12.1 Å². The zero-order valence-electron chi connectivity index (χ0n) is 15.2. The van der Waals surface area contributed by atoms with Gasteiger partial charge in [0.1, 0.15) is 17.1 Å². The largest absolute Gasteiger partial charge is 0.519 e. The molecule has 5 nitrogen and oxygen atoms in total. The second kappa shape index (κ2) is 10.2. The topological polar surface area (TPSA) is 61.8 Å². The van der Waals surface area contributed by atoms with Gasteiger partial charge in [0.05, 0.1) is 7.11 Å². The number of hydrogen-bond donors (Lipinski definition) is 0. The molecule has 0 saturated heterocycles. The van der Waals surface area contributed by atoms with Crippen molar-refractivity contribution in [1.29, 1.82) is 0 Å². The van der Waals surface area contributed by atoms with E-state index >= 15 is 0 Å². The summed E-state index contributed by atoms with van der Waals surface area (Å²) >= 11 is 0. The zero-order valence-corrected chi connectivity index (χ0v) is 15.2. The van der Waals surface area contributed by atoms with Crippen molar-refractivity contribution in [3.8, 4) is 11.5 Å². The first-order valence-electron chi connectivity index (χ1n) is 8.80. The highest BCUT2D eigenvalue weighted by molar-refractivity contribution is 5.93. The number of carbonyl (C=O) groups excluding carboxylic acids is 2. The van der Waals surface area contributed by atoms with E-state index in [1.165, 1.54) is 44.1 Å². The van der Waals surface area contributed by atoms with Crippen LogP contribution < -0.4 is 9.47 Å². The Labute approximate surface area is 153 Å². The summed E-state index contributed by atoms with van der Waals surface area (Å²) in [4.78, 5) is 23.7. The van der Waals surface area contributed by atoms with Crippen molar-refractivity contribution in [1.82, 2.24) is 0 Å². The Morgan fingerprint density at radius 2 is 1.62 bits per heavy atom. The molecule has 0 unspecified atom stereocenters. The maximum absolute atomic E-state index is 12.0. The standard InChI is InChI=1S/C21H24O5/c1-3-4-5-6-9-16-12-14-17(15-13-16)25-21(23)26-19-11-8-7-10-18(19)20(22)24-2/h7-8,10-15H,3-6,9H2,1-2H3. The minimum absolute atomic E-state index is 0.0943. The van der Waals surface area contributed by atoms with Crippen LogP contribution in [-0.4, -0.2) is 19.2 Å². The molecule has 0 radical (unpaired) electrons. The molecule has 2 rings (SSSR count). The van der Waals surface area contributed by atoms with Crippen molar-refractivity contribution >= 4 is 12.1 Å². The lowest BCUT2D eigenvalue weighted by Crippen LogP contribution is -2.16. The fourth-order valence-corrected chi connectivity index (χ4v) is 2.52. The van der Waals surface area contributed by atoms with Crippen LogP contribution in [0.15, 0.2) is 48.5 Å². The molecule has 0 atom stereocenters. The number of rotatable bonds is 8. The summed E-state index contributed by atoms with van der Waals surface area (Å²) in [6.07, 6.45) is 4.95. The van der Waals surface area contributed by atoms with Gasteiger partial charge in [-0.25, -0.2) is 9.59 Å². The lowest BCUT2D eigenvalue weighted by Gasteiger charge is -2.09. The lowest BCUT2D eigenvalue weighted by atomic mass is 10.1. The smallest absolute Gasteiger partial charge is 0.465 e. The Balaban J connectivity index is 1.91. The van der Waals surface area contributed by atoms with E-state index in [1.807, 2.05) is 12.1 Å². The van der Waals surface area contributed by atoms with Crippen LogP contribution in [0.1, 0.15) is 48.5 Å². The lowest BCUT2D eigenvalue weighted by molar-refractivity contribution is 0.0597. The molecule has 0 aliphatic heterocycles. The van der Waals surface area contributed by atoms with E-state index in [9.17, 15) is 9.59 Å². The second-order valence-corrected chi connectivity index (χ2v) is 5.90. The molecular weight excluding hydrogens is 332 g/mol. The maximum atomic E-state index is 12.0. The van der Waals surface area contributed by atoms with E-state index in [0.29, 0.717) is 5.75 Å². The molecule has 0 aliphatic rings. The molecule has 0 fully saturated rings. The van der Waals surface area contributed by atoms with Gasteiger partial charge in [0.25, 0.3) is 0 Å². The molecule has 2 aromatic rings. The average molecular weight is 356 g/mol. The molecule has 0 spiro atoms. The van der Waals surface area contributed by atoms with Gasteiger partial charge in [-0.3, -0.25) is 0 Å². The van der Waals surface area contributed by atoms with Crippen LogP contribution in [0.25, 0.3) is 0 Å². The summed E-state index contributed by atoms with van der Waals surface area (Å²) in [6, 6.07) is 13.7. The monoisotopic (exact) mass is 356 g/mol. The number of hydrogen-bond acceptors (Lipinski definition) is 5. The normalized spacial score (nSPS) is 10.2. The van der Waals surface area contributed by atoms with Crippen LogP contribution in [0.3, 0.4) is 0 Å². The third kappa shape index (κ3) is 5.92. The number of para-hydroxylation sites is 1. The highest BCUT2D eigenvalue weighted by Crippen LogP contribution is 2.20. The number of ether oxygens (including phenoxy) is 3. The van der Waals surface area contributed by atoms with Gasteiger partial charge in [-0.2, -0.15) is 0 Å². The van der Waals surface area contributed by atoms with Crippen LogP contribution in [-0.2, 0) is 11.2 Å². The van der Waals surface area contributed by atoms with Gasteiger partial charge in [0, 0.05) is 0 Å². The van der Waals surface area contributed by atoms with Gasteiger partial charge in [0.15, 0.2) is 0 Å². The Hall–Kier alpha value is -2.82. The molecular formula is C21H24O5. The molecule has 26 heavy (non-hydrogen) atoms. The van der Waals surface area contributed by atoms with Gasteiger partial charge in [0.2, 0.25) is 0 Å². The summed E-state index contributed by atoms with van der Waals surface area (Å²) in [5, 5.41) is 0. The summed E-state index contributed by atoms with van der Waals surface area (Å²) in [7, 11) is 1.27. The van der Waals surface area contributed by atoms with E-state index in [1.54, 1.807) is 24.3 Å². The minimum Gasteiger partial charge on any atom is -0.465 e. The molecule has 0 bridgehead atoms. The number of aryl methyl sites for hydroxylation is 1. The molecule has 0 N–H and O–H groups in total. The van der Waals surface area contributed by atoms with Crippen LogP contribution in [0.4, 0.5) is 4.79 Å². The zero-order chi connectivity index (χ0) is 18.8. The van der Waals surface area contributed by atoms with Gasteiger partial charge in [-0.05, 0) is 42.7 Å². The fraction of sp³-hybridized carbons (Fsp3) is 0.333.